The van der Waals surface area contributed by atoms with Gasteiger partial charge in [-0.1, -0.05) is 37.3 Å². The molecule has 0 aliphatic rings. The minimum atomic E-state index is -1.44. The molecule has 1 aromatic rings. The SMILES string of the molecule is CCSCCNC(=O)NC(C)(C(=O)O)c1ccccc1. The van der Waals surface area contributed by atoms with Crippen LogP contribution in [0.3, 0.4) is 0 Å². The van der Waals surface area contributed by atoms with Crippen LogP contribution >= 0.6 is 11.8 Å². The molecule has 6 heteroatoms. The van der Waals surface area contributed by atoms with Gasteiger partial charge >= 0.3 is 12.0 Å². The van der Waals surface area contributed by atoms with Gasteiger partial charge in [0, 0.05) is 12.3 Å². The maximum Gasteiger partial charge on any atom is 0.333 e. The monoisotopic (exact) mass is 296 g/mol. The molecule has 0 aliphatic heterocycles. The molecule has 0 spiro atoms. The molecule has 3 N–H and O–H groups in total. The fourth-order valence-corrected chi connectivity index (χ4v) is 2.21. The van der Waals surface area contributed by atoms with Crippen LogP contribution in [0.15, 0.2) is 30.3 Å². The molecule has 2 amide bonds. The van der Waals surface area contributed by atoms with E-state index in [0.717, 1.165) is 11.5 Å². The normalized spacial score (nSPS) is 13.3. The van der Waals surface area contributed by atoms with E-state index in [1.54, 1.807) is 42.1 Å². The second kappa shape index (κ2) is 7.79. The van der Waals surface area contributed by atoms with Crippen LogP contribution in [-0.2, 0) is 10.3 Å². The van der Waals surface area contributed by atoms with E-state index in [-0.39, 0.29) is 0 Å². The van der Waals surface area contributed by atoms with Gasteiger partial charge in [0.2, 0.25) is 0 Å². The van der Waals surface area contributed by atoms with E-state index in [9.17, 15) is 14.7 Å². The third-order valence-corrected chi connectivity index (χ3v) is 3.78. The van der Waals surface area contributed by atoms with Crippen molar-refractivity contribution in [3.63, 3.8) is 0 Å². The largest absolute Gasteiger partial charge is 0.479 e. The Kier molecular flexibility index (Phi) is 6.38. The Morgan fingerprint density at radius 3 is 2.50 bits per heavy atom. The Morgan fingerprint density at radius 1 is 1.30 bits per heavy atom. The van der Waals surface area contributed by atoms with Crippen LogP contribution in [0.5, 0.6) is 0 Å². The Bertz CT molecular complexity index is 453. The number of thioether (sulfide) groups is 1. The molecule has 5 nitrogen and oxygen atoms in total. The Hall–Kier alpha value is -1.69. The molecular weight excluding hydrogens is 276 g/mol. The summed E-state index contributed by atoms with van der Waals surface area (Å²) in [7, 11) is 0. The smallest absolute Gasteiger partial charge is 0.333 e. The molecule has 0 heterocycles. The number of benzene rings is 1. The van der Waals surface area contributed by atoms with Crippen molar-refractivity contribution in [2.75, 3.05) is 18.1 Å². The molecule has 0 saturated heterocycles. The number of rotatable bonds is 7. The zero-order chi connectivity index (χ0) is 15.0. The number of hydrogen-bond donors (Lipinski definition) is 3. The molecule has 1 rings (SSSR count). The fraction of sp³-hybridized carbons (Fsp3) is 0.429. The first-order valence-electron chi connectivity index (χ1n) is 6.43. The maximum atomic E-state index is 11.8. The van der Waals surface area contributed by atoms with Gasteiger partial charge in [0.1, 0.15) is 0 Å². The summed E-state index contributed by atoms with van der Waals surface area (Å²) < 4.78 is 0. The summed E-state index contributed by atoms with van der Waals surface area (Å²) in [5, 5.41) is 14.6. The number of carbonyl (C=O) groups excluding carboxylic acids is 1. The molecule has 0 aromatic heterocycles. The van der Waals surface area contributed by atoms with Crippen molar-refractivity contribution in [2.45, 2.75) is 19.4 Å². The lowest BCUT2D eigenvalue weighted by atomic mass is 9.92. The standard InChI is InChI=1S/C14H20N2O3S/c1-3-20-10-9-15-13(19)16-14(2,12(17)18)11-7-5-4-6-8-11/h4-8H,3,9-10H2,1-2H3,(H,17,18)(H2,15,16,19). The van der Waals surface area contributed by atoms with Crippen molar-refractivity contribution in [3.8, 4) is 0 Å². The van der Waals surface area contributed by atoms with Crippen molar-refractivity contribution in [1.82, 2.24) is 10.6 Å². The van der Waals surface area contributed by atoms with Gasteiger partial charge in [-0.3, -0.25) is 0 Å². The van der Waals surface area contributed by atoms with Gasteiger partial charge in [-0.05, 0) is 18.2 Å². The topological polar surface area (TPSA) is 78.4 Å². The number of carbonyl (C=O) groups is 2. The fourth-order valence-electron chi connectivity index (χ4n) is 1.67. The zero-order valence-corrected chi connectivity index (χ0v) is 12.5. The number of amides is 2. The molecule has 0 radical (unpaired) electrons. The second-order valence-electron chi connectivity index (χ2n) is 4.37. The van der Waals surface area contributed by atoms with E-state index in [4.69, 9.17) is 0 Å². The Balaban J connectivity index is 2.68. The van der Waals surface area contributed by atoms with E-state index in [2.05, 4.69) is 10.6 Å². The number of hydrogen-bond acceptors (Lipinski definition) is 3. The number of urea groups is 1. The van der Waals surface area contributed by atoms with Crippen molar-refractivity contribution in [1.29, 1.82) is 0 Å². The molecule has 1 aromatic carbocycles. The first-order valence-corrected chi connectivity index (χ1v) is 7.59. The molecule has 0 aliphatic carbocycles. The summed E-state index contributed by atoms with van der Waals surface area (Å²) in [4.78, 5) is 23.3. The van der Waals surface area contributed by atoms with Gasteiger partial charge in [0.15, 0.2) is 5.54 Å². The lowest BCUT2D eigenvalue weighted by Crippen LogP contribution is -2.53. The lowest BCUT2D eigenvalue weighted by Gasteiger charge is -2.26. The average Bonchev–Trinajstić information content (AvgIpc) is 2.44. The highest BCUT2D eigenvalue weighted by Crippen LogP contribution is 2.20. The molecule has 0 bridgehead atoms. The Morgan fingerprint density at radius 2 is 1.95 bits per heavy atom. The van der Waals surface area contributed by atoms with Gasteiger partial charge in [0.05, 0.1) is 0 Å². The molecule has 0 saturated carbocycles. The number of carboxylic acid groups (broad SMARTS) is 1. The minimum absolute atomic E-state index is 0.476. The zero-order valence-electron chi connectivity index (χ0n) is 11.7. The van der Waals surface area contributed by atoms with Crippen molar-refractivity contribution >= 4 is 23.8 Å². The van der Waals surface area contributed by atoms with Crippen molar-refractivity contribution in [2.24, 2.45) is 0 Å². The van der Waals surface area contributed by atoms with Gasteiger partial charge < -0.3 is 15.7 Å². The maximum absolute atomic E-state index is 11.8. The average molecular weight is 296 g/mol. The van der Waals surface area contributed by atoms with Crippen LogP contribution in [0, 0.1) is 0 Å². The minimum Gasteiger partial charge on any atom is -0.479 e. The third kappa shape index (κ3) is 4.45. The molecule has 20 heavy (non-hydrogen) atoms. The molecule has 1 unspecified atom stereocenters. The lowest BCUT2D eigenvalue weighted by molar-refractivity contribution is -0.144. The summed E-state index contributed by atoms with van der Waals surface area (Å²) in [6.45, 7) is 4.03. The van der Waals surface area contributed by atoms with Crippen LogP contribution in [0.25, 0.3) is 0 Å². The Labute approximate surface area is 123 Å². The van der Waals surface area contributed by atoms with E-state index >= 15 is 0 Å². The van der Waals surface area contributed by atoms with Crippen LogP contribution in [0.4, 0.5) is 4.79 Å². The number of aliphatic carboxylic acids is 1. The first-order chi connectivity index (χ1) is 9.50. The van der Waals surface area contributed by atoms with Gasteiger partial charge in [-0.2, -0.15) is 11.8 Å². The molecule has 0 fully saturated rings. The number of nitrogens with one attached hydrogen (secondary N) is 2. The van der Waals surface area contributed by atoms with Crippen LogP contribution in [0.2, 0.25) is 0 Å². The molecule has 1 atom stereocenters. The third-order valence-electron chi connectivity index (χ3n) is 2.88. The molecular formula is C14H20N2O3S. The van der Waals surface area contributed by atoms with Crippen molar-refractivity contribution in [3.05, 3.63) is 35.9 Å². The van der Waals surface area contributed by atoms with Gasteiger partial charge in [-0.15, -0.1) is 0 Å². The summed E-state index contributed by atoms with van der Waals surface area (Å²) in [5.74, 6) is 0.695. The van der Waals surface area contributed by atoms with E-state index in [1.807, 2.05) is 6.92 Å². The van der Waals surface area contributed by atoms with E-state index < -0.39 is 17.5 Å². The first kappa shape index (κ1) is 16.4. The van der Waals surface area contributed by atoms with E-state index in [1.165, 1.54) is 6.92 Å². The summed E-state index contributed by atoms with van der Waals surface area (Å²) in [6.07, 6.45) is 0. The van der Waals surface area contributed by atoms with Crippen molar-refractivity contribution < 1.29 is 14.7 Å². The summed E-state index contributed by atoms with van der Waals surface area (Å²) >= 11 is 1.71. The van der Waals surface area contributed by atoms with Crippen LogP contribution in [-0.4, -0.2) is 35.2 Å². The van der Waals surface area contributed by atoms with Crippen LogP contribution in [0.1, 0.15) is 19.4 Å². The highest BCUT2D eigenvalue weighted by Gasteiger charge is 2.36. The highest BCUT2D eigenvalue weighted by molar-refractivity contribution is 7.99. The molecule has 110 valence electrons. The number of carboxylic acids is 1. The highest BCUT2D eigenvalue weighted by atomic mass is 32.2. The second-order valence-corrected chi connectivity index (χ2v) is 5.77. The van der Waals surface area contributed by atoms with E-state index in [0.29, 0.717) is 12.1 Å². The summed E-state index contributed by atoms with van der Waals surface area (Å²) in [5.41, 5.74) is -0.908. The van der Waals surface area contributed by atoms with Gasteiger partial charge in [-0.25, -0.2) is 9.59 Å². The van der Waals surface area contributed by atoms with Gasteiger partial charge in [0.25, 0.3) is 0 Å². The summed E-state index contributed by atoms with van der Waals surface area (Å²) in [6, 6.07) is 8.17. The quantitative estimate of drug-likeness (QED) is 0.673. The van der Waals surface area contributed by atoms with Crippen LogP contribution < -0.4 is 10.6 Å². The predicted molar refractivity (Wildman–Crippen MR) is 81.0 cm³/mol. The predicted octanol–water partition coefficient (Wildman–Crippen LogP) is 2.04.